The highest BCUT2D eigenvalue weighted by Crippen LogP contribution is 2.38. The monoisotopic (exact) mass is 280 g/mol. The van der Waals surface area contributed by atoms with Crippen LogP contribution in [0.5, 0.6) is 0 Å². The fourth-order valence-electron chi connectivity index (χ4n) is 3.91. The summed E-state index contributed by atoms with van der Waals surface area (Å²) in [7, 11) is 0. The zero-order chi connectivity index (χ0) is 14.7. The van der Waals surface area contributed by atoms with Gasteiger partial charge in [0.1, 0.15) is 0 Å². The molecule has 1 fully saturated rings. The second-order valence-electron chi connectivity index (χ2n) is 6.97. The van der Waals surface area contributed by atoms with E-state index in [1.807, 2.05) is 0 Å². The van der Waals surface area contributed by atoms with Crippen LogP contribution < -0.4 is 0 Å². The average Bonchev–Trinajstić information content (AvgIpc) is 2.53. The summed E-state index contributed by atoms with van der Waals surface area (Å²) in [5.41, 5.74) is 2.92. The molecule has 2 aromatic carbocycles. The van der Waals surface area contributed by atoms with Gasteiger partial charge in [0.2, 0.25) is 0 Å². The van der Waals surface area contributed by atoms with Crippen LogP contribution in [0, 0.1) is 12.8 Å². The number of fused-ring (bicyclic) bond motifs is 1. The van der Waals surface area contributed by atoms with Crippen molar-refractivity contribution in [3.63, 3.8) is 0 Å². The molecule has 0 unspecified atom stereocenters. The van der Waals surface area contributed by atoms with Crippen molar-refractivity contribution in [2.45, 2.75) is 64.7 Å². The van der Waals surface area contributed by atoms with Crippen molar-refractivity contribution in [1.82, 2.24) is 0 Å². The number of unbranched alkanes of at least 4 members (excludes halogenated alkanes) is 1. The van der Waals surface area contributed by atoms with E-state index in [9.17, 15) is 0 Å². The number of rotatable bonds is 4. The second-order valence-corrected chi connectivity index (χ2v) is 6.97. The first-order chi connectivity index (χ1) is 10.3. The third-order valence-electron chi connectivity index (χ3n) is 5.30. The van der Waals surface area contributed by atoms with Crippen molar-refractivity contribution in [2.24, 2.45) is 5.92 Å². The maximum atomic E-state index is 2.44. The Kier molecular flexibility index (Phi) is 4.63. The van der Waals surface area contributed by atoms with Crippen LogP contribution in [-0.2, 0) is 0 Å². The van der Waals surface area contributed by atoms with Gasteiger partial charge in [-0.05, 0) is 60.8 Å². The SMILES string of the molecule is CCCCC1CCC(c2ccc3cc(C)ccc3c2)CC1. The fourth-order valence-corrected chi connectivity index (χ4v) is 3.91. The van der Waals surface area contributed by atoms with E-state index in [0.717, 1.165) is 11.8 Å². The molecule has 1 aliphatic carbocycles. The van der Waals surface area contributed by atoms with E-state index in [1.54, 1.807) is 5.56 Å². The minimum absolute atomic E-state index is 0.800. The first-order valence-corrected chi connectivity index (χ1v) is 8.76. The van der Waals surface area contributed by atoms with E-state index >= 15 is 0 Å². The number of aryl methyl sites for hydroxylation is 1. The van der Waals surface area contributed by atoms with Gasteiger partial charge in [-0.15, -0.1) is 0 Å². The Morgan fingerprint density at radius 2 is 1.62 bits per heavy atom. The molecular formula is C21H28. The largest absolute Gasteiger partial charge is 0.0654 e. The summed E-state index contributed by atoms with van der Waals surface area (Å²) in [6.45, 7) is 4.48. The standard InChI is InChI=1S/C21H28/c1-3-4-5-17-7-10-18(11-8-17)20-13-12-19-14-16(2)6-9-21(19)15-20/h6,9,12-15,17-18H,3-5,7-8,10-11H2,1-2H3. The third kappa shape index (κ3) is 3.48. The summed E-state index contributed by atoms with van der Waals surface area (Å²) in [5.74, 6) is 1.80. The molecule has 3 rings (SSSR count). The Balaban J connectivity index is 1.69. The van der Waals surface area contributed by atoms with Crippen molar-refractivity contribution < 1.29 is 0 Å². The van der Waals surface area contributed by atoms with Crippen LogP contribution in [0.1, 0.15) is 68.9 Å². The highest BCUT2D eigenvalue weighted by molar-refractivity contribution is 5.83. The molecule has 2 aromatic rings. The van der Waals surface area contributed by atoms with E-state index in [1.165, 1.54) is 61.3 Å². The van der Waals surface area contributed by atoms with Crippen molar-refractivity contribution in [2.75, 3.05) is 0 Å². The molecule has 0 saturated heterocycles. The van der Waals surface area contributed by atoms with Crippen LogP contribution in [0.4, 0.5) is 0 Å². The molecule has 1 saturated carbocycles. The Labute approximate surface area is 129 Å². The lowest BCUT2D eigenvalue weighted by molar-refractivity contribution is 0.304. The van der Waals surface area contributed by atoms with Gasteiger partial charge in [0.05, 0.1) is 0 Å². The van der Waals surface area contributed by atoms with Crippen molar-refractivity contribution in [3.05, 3.63) is 47.5 Å². The molecule has 21 heavy (non-hydrogen) atoms. The first kappa shape index (κ1) is 14.6. The van der Waals surface area contributed by atoms with E-state index in [2.05, 4.69) is 50.2 Å². The van der Waals surface area contributed by atoms with E-state index in [0.29, 0.717) is 0 Å². The molecule has 0 aromatic heterocycles. The fraction of sp³-hybridized carbons (Fsp3) is 0.524. The number of hydrogen-bond acceptors (Lipinski definition) is 0. The smallest absolute Gasteiger partial charge is 0.0162 e. The third-order valence-corrected chi connectivity index (χ3v) is 5.30. The predicted octanol–water partition coefficient (Wildman–Crippen LogP) is 6.61. The van der Waals surface area contributed by atoms with Gasteiger partial charge >= 0.3 is 0 Å². The number of hydrogen-bond donors (Lipinski definition) is 0. The molecule has 0 radical (unpaired) electrons. The molecule has 0 nitrogen and oxygen atoms in total. The lowest BCUT2D eigenvalue weighted by Gasteiger charge is -2.29. The van der Waals surface area contributed by atoms with Gasteiger partial charge in [0.15, 0.2) is 0 Å². The second kappa shape index (κ2) is 6.64. The topological polar surface area (TPSA) is 0 Å². The van der Waals surface area contributed by atoms with Gasteiger partial charge in [0.25, 0.3) is 0 Å². The molecule has 0 atom stereocenters. The first-order valence-electron chi connectivity index (χ1n) is 8.76. The van der Waals surface area contributed by atoms with Crippen molar-refractivity contribution >= 4 is 10.8 Å². The summed E-state index contributed by atoms with van der Waals surface area (Å²) in [6.07, 6.45) is 9.90. The van der Waals surface area contributed by atoms with E-state index in [-0.39, 0.29) is 0 Å². The van der Waals surface area contributed by atoms with Crippen molar-refractivity contribution in [1.29, 1.82) is 0 Å². The van der Waals surface area contributed by atoms with Crippen molar-refractivity contribution in [3.8, 4) is 0 Å². The predicted molar refractivity (Wildman–Crippen MR) is 92.9 cm³/mol. The van der Waals surface area contributed by atoms with Crippen LogP contribution in [0.25, 0.3) is 10.8 Å². The van der Waals surface area contributed by atoms with Crippen LogP contribution in [-0.4, -0.2) is 0 Å². The van der Waals surface area contributed by atoms with Gasteiger partial charge in [-0.1, -0.05) is 68.1 Å². The van der Waals surface area contributed by atoms with E-state index in [4.69, 9.17) is 0 Å². The normalized spacial score (nSPS) is 22.6. The Bertz CT molecular complexity index is 588. The molecular weight excluding hydrogens is 252 g/mol. The van der Waals surface area contributed by atoms with Gasteiger partial charge in [0, 0.05) is 0 Å². The van der Waals surface area contributed by atoms with Crippen LogP contribution in [0.3, 0.4) is 0 Å². The minimum Gasteiger partial charge on any atom is -0.0654 e. The summed E-state index contributed by atoms with van der Waals surface area (Å²) < 4.78 is 0. The summed E-state index contributed by atoms with van der Waals surface area (Å²) in [4.78, 5) is 0. The lowest BCUT2D eigenvalue weighted by Crippen LogP contribution is -2.13. The maximum Gasteiger partial charge on any atom is -0.0162 e. The Morgan fingerprint density at radius 3 is 2.38 bits per heavy atom. The van der Waals surface area contributed by atoms with E-state index < -0.39 is 0 Å². The van der Waals surface area contributed by atoms with Gasteiger partial charge < -0.3 is 0 Å². The quantitative estimate of drug-likeness (QED) is 0.591. The highest BCUT2D eigenvalue weighted by Gasteiger charge is 2.22. The number of benzene rings is 2. The summed E-state index contributed by atoms with van der Waals surface area (Å²) >= 11 is 0. The Hall–Kier alpha value is -1.30. The Morgan fingerprint density at radius 1 is 0.905 bits per heavy atom. The van der Waals surface area contributed by atoms with Crippen LogP contribution in [0.15, 0.2) is 36.4 Å². The average molecular weight is 280 g/mol. The highest BCUT2D eigenvalue weighted by atomic mass is 14.3. The lowest BCUT2D eigenvalue weighted by atomic mass is 9.77. The molecule has 0 amide bonds. The zero-order valence-electron chi connectivity index (χ0n) is 13.6. The van der Waals surface area contributed by atoms with Gasteiger partial charge in [-0.2, -0.15) is 0 Å². The maximum absolute atomic E-state index is 2.44. The minimum atomic E-state index is 0.800. The zero-order valence-corrected chi connectivity index (χ0v) is 13.6. The molecule has 0 aliphatic heterocycles. The molecule has 1 aliphatic rings. The van der Waals surface area contributed by atoms with Gasteiger partial charge in [-0.25, -0.2) is 0 Å². The molecule has 112 valence electrons. The summed E-state index contributed by atoms with van der Waals surface area (Å²) in [5, 5.41) is 2.79. The molecule has 0 heterocycles. The van der Waals surface area contributed by atoms with Crippen LogP contribution in [0.2, 0.25) is 0 Å². The summed E-state index contributed by atoms with van der Waals surface area (Å²) in [6, 6.07) is 13.9. The van der Waals surface area contributed by atoms with Gasteiger partial charge in [-0.3, -0.25) is 0 Å². The molecule has 0 bridgehead atoms. The van der Waals surface area contributed by atoms with Crippen LogP contribution >= 0.6 is 0 Å². The molecule has 0 spiro atoms. The molecule has 0 heteroatoms. The molecule has 0 N–H and O–H groups in total.